The van der Waals surface area contributed by atoms with E-state index in [-0.39, 0.29) is 5.91 Å². The van der Waals surface area contributed by atoms with Crippen LogP contribution >= 0.6 is 34.5 Å². The van der Waals surface area contributed by atoms with E-state index in [1.54, 1.807) is 6.07 Å². The van der Waals surface area contributed by atoms with Crippen LogP contribution in [0.5, 0.6) is 0 Å². The number of amides is 2. The van der Waals surface area contributed by atoms with Crippen molar-refractivity contribution in [3.63, 3.8) is 0 Å². The third-order valence-corrected chi connectivity index (χ3v) is 6.55. The number of fused-ring (bicyclic) bond motifs is 1. The molecule has 0 atom stereocenters. The summed E-state index contributed by atoms with van der Waals surface area (Å²) in [5.41, 5.74) is 8.55. The second kappa shape index (κ2) is 8.78. The zero-order valence-electron chi connectivity index (χ0n) is 16.0. The van der Waals surface area contributed by atoms with Crippen LogP contribution < -0.4 is 11.1 Å². The largest absolute Gasteiger partial charge is 0.365 e. The number of nitrogens with one attached hydrogen (secondary N) is 1. The second-order valence-electron chi connectivity index (χ2n) is 7.13. The number of rotatable bonds is 5. The predicted octanol–water partition coefficient (Wildman–Crippen LogP) is 4.96. The summed E-state index contributed by atoms with van der Waals surface area (Å²) in [4.78, 5) is 28.3. The fourth-order valence-electron chi connectivity index (χ4n) is 3.64. The highest BCUT2D eigenvalue weighted by Gasteiger charge is 2.28. The Kier molecular flexibility index (Phi) is 6.11. The molecule has 0 fully saturated rings. The highest BCUT2D eigenvalue weighted by atomic mass is 35.5. The molecule has 0 saturated carbocycles. The Labute approximate surface area is 188 Å². The summed E-state index contributed by atoms with van der Waals surface area (Å²) in [6, 6.07) is 14.9. The van der Waals surface area contributed by atoms with E-state index in [9.17, 15) is 9.59 Å². The number of hydrogen-bond donors (Lipinski definition) is 2. The van der Waals surface area contributed by atoms with Crippen LogP contribution in [-0.2, 0) is 19.5 Å². The minimum Gasteiger partial charge on any atom is -0.365 e. The molecule has 2 amide bonds. The van der Waals surface area contributed by atoms with E-state index in [2.05, 4.69) is 22.3 Å². The van der Waals surface area contributed by atoms with Gasteiger partial charge in [-0.25, -0.2) is 0 Å². The van der Waals surface area contributed by atoms with E-state index in [0.717, 1.165) is 23.5 Å². The predicted molar refractivity (Wildman–Crippen MR) is 122 cm³/mol. The smallest absolute Gasteiger partial charge is 0.256 e. The summed E-state index contributed by atoms with van der Waals surface area (Å²) >= 11 is 13.4. The molecule has 5 nitrogen and oxygen atoms in total. The third-order valence-electron chi connectivity index (χ3n) is 4.98. The maximum absolute atomic E-state index is 12.7. The molecule has 0 spiro atoms. The average molecular weight is 460 g/mol. The van der Waals surface area contributed by atoms with Gasteiger partial charge >= 0.3 is 0 Å². The van der Waals surface area contributed by atoms with Gasteiger partial charge in [-0.05, 0) is 35.7 Å². The molecule has 1 aromatic heterocycles. The maximum Gasteiger partial charge on any atom is 0.256 e. The summed E-state index contributed by atoms with van der Waals surface area (Å²) in [5.74, 6) is -0.926. The minimum absolute atomic E-state index is 0.319. The topological polar surface area (TPSA) is 75.4 Å². The molecule has 0 unspecified atom stereocenters. The van der Waals surface area contributed by atoms with Crippen molar-refractivity contribution in [3.05, 3.63) is 85.7 Å². The van der Waals surface area contributed by atoms with Crippen LogP contribution in [0.3, 0.4) is 0 Å². The molecule has 3 aromatic rings. The van der Waals surface area contributed by atoms with E-state index in [0.29, 0.717) is 39.1 Å². The Morgan fingerprint density at radius 1 is 1.10 bits per heavy atom. The first-order valence-corrected chi connectivity index (χ1v) is 11.0. The summed E-state index contributed by atoms with van der Waals surface area (Å²) in [5, 5.41) is 4.03. The van der Waals surface area contributed by atoms with E-state index in [4.69, 9.17) is 28.9 Å². The van der Waals surface area contributed by atoms with Gasteiger partial charge in [0.1, 0.15) is 5.00 Å². The van der Waals surface area contributed by atoms with E-state index >= 15 is 0 Å². The van der Waals surface area contributed by atoms with Gasteiger partial charge in [-0.2, -0.15) is 0 Å². The number of benzene rings is 2. The standard InChI is InChI=1S/C22H19Cl2N3O2S/c23-15-8-14(9-16(24)10-15)21(29)26-22-19(20(25)28)17-6-7-27(12-18(17)30-22)11-13-4-2-1-3-5-13/h1-5,8-10H,6-7,11-12H2,(H2,25,28)(H,26,29). The lowest BCUT2D eigenvalue weighted by Crippen LogP contribution is -2.30. The molecule has 0 saturated heterocycles. The number of halogens is 2. The SMILES string of the molecule is NC(=O)c1c(NC(=O)c2cc(Cl)cc(Cl)c2)sc2c1CCN(Cc1ccccc1)C2. The summed E-state index contributed by atoms with van der Waals surface area (Å²) in [6.07, 6.45) is 0.704. The quantitative estimate of drug-likeness (QED) is 0.565. The van der Waals surface area contributed by atoms with Crippen LogP contribution in [0.1, 0.15) is 36.7 Å². The van der Waals surface area contributed by atoms with Gasteiger partial charge in [0.15, 0.2) is 0 Å². The highest BCUT2D eigenvalue weighted by Crippen LogP contribution is 2.37. The van der Waals surface area contributed by atoms with Crippen molar-refractivity contribution < 1.29 is 9.59 Å². The summed E-state index contributed by atoms with van der Waals surface area (Å²) in [6.45, 7) is 2.34. The van der Waals surface area contributed by atoms with E-state index in [1.165, 1.54) is 29.0 Å². The van der Waals surface area contributed by atoms with Crippen LogP contribution in [0.25, 0.3) is 0 Å². The first kappa shape index (κ1) is 20.9. The fourth-order valence-corrected chi connectivity index (χ4v) is 5.46. The van der Waals surface area contributed by atoms with Crippen LogP contribution in [0, 0.1) is 0 Å². The van der Waals surface area contributed by atoms with Crippen molar-refractivity contribution in [2.24, 2.45) is 5.73 Å². The normalized spacial score (nSPS) is 13.7. The van der Waals surface area contributed by atoms with Crippen molar-refractivity contribution in [3.8, 4) is 0 Å². The monoisotopic (exact) mass is 459 g/mol. The van der Waals surface area contributed by atoms with Crippen molar-refractivity contribution >= 4 is 51.4 Å². The van der Waals surface area contributed by atoms with Gasteiger partial charge in [-0.1, -0.05) is 53.5 Å². The number of thiophene rings is 1. The third kappa shape index (κ3) is 4.52. The number of carbonyl (C=O) groups is 2. The molecular formula is C22H19Cl2N3O2S. The Hall–Kier alpha value is -2.38. The molecule has 1 aliphatic rings. The first-order valence-electron chi connectivity index (χ1n) is 9.39. The highest BCUT2D eigenvalue weighted by molar-refractivity contribution is 7.17. The first-order chi connectivity index (χ1) is 14.4. The number of nitrogens with two attached hydrogens (primary N) is 1. The second-order valence-corrected chi connectivity index (χ2v) is 9.11. The number of nitrogens with zero attached hydrogens (tertiary/aromatic N) is 1. The van der Waals surface area contributed by atoms with Gasteiger partial charge < -0.3 is 11.1 Å². The molecular weight excluding hydrogens is 441 g/mol. The molecule has 0 bridgehead atoms. The number of carbonyl (C=O) groups excluding carboxylic acids is 2. The lowest BCUT2D eigenvalue weighted by Gasteiger charge is -2.27. The van der Waals surface area contributed by atoms with Gasteiger partial charge in [0.2, 0.25) is 0 Å². The van der Waals surface area contributed by atoms with Crippen LogP contribution in [0.2, 0.25) is 10.0 Å². The zero-order chi connectivity index (χ0) is 21.3. The minimum atomic E-state index is -0.538. The molecule has 0 aliphatic carbocycles. The molecule has 2 heterocycles. The molecule has 8 heteroatoms. The Bertz CT molecular complexity index is 1090. The van der Waals surface area contributed by atoms with Gasteiger partial charge in [-0.15, -0.1) is 11.3 Å². The maximum atomic E-state index is 12.7. The molecule has 0 radical (unpaired) electrons. The zero-order valence-corrected chi connectivity index (χ0v) is 18.3. The number of primary amides is 1. The number of hydrogen-bond acceptors (Lipinski definition) is 4. The van der Waals surface area contributed by atoms with Crippen molar-refractivity contribution in [2.45, 2.75) is 19.5 Å². The van der Waals surface area contributed by atoms with Gasteiger partial charge in [-0.3, -0.25) is 14.5 Å². The van der Waals surface area contributed by atoms with Gasteiger partial charge in [0, 0.05) is 40.1 Å². The molecule has 1 aliphatic heterocycles. The van der Waals surface area contributed by atoms with Gasteiger partial charge in [0.05, 0.1) is 5.56 Å². The van der Waals surface area contributed by atoms with Crippen molar-refractivity contribution in [1.29, 1.82) is 0 Å². The summed E-state index contributed by atoms with van der Waals surface area (Å²) in [7, 11) is 0. The van der Waals surface area contributed by atoms with Crippen molar-refractivity contribution in [2.75, 3.05) is 11.9 Å². The fraction of sp³-hybridized carbons (Fsp3) is 0.182. The molecule has 30 heavy (non-hydrogen) atoms. The Balaban J connectivity index is 1.58. The van der Waals surface area contributed by atoms with Gasteiger partial charge in [0.25, 0.3) is 11.8 Å². The lowest BCUT2D eigenvalue weighted by atomic mass is 10.0. The van der Waals surface area contributed by atoms with Crippen LogP contribution in [0.4, 0.5) is 5.00 Å². The molecule has 3 N–H and O–H groups in total. The van der Waals surface area contributed by atoms with E-state index in [1.807, 2.05) is 18.2 Å². The van der Waals surface area contributed by atoms with Crippen molar-refractivity contribution in [1.82, 2.24) is 4.90 Å². The van der Waals surface area contributed by atoms with Crippen LogP contribution in [-0.4, -0.2) is 23.3 Å². The number of anilines is 1. The Morgan fingerprint density at radius 3 is 2.47 bits per heavy atom. The summed E-state index contributed by atoms with van der Waals surface area (Å²) < 4.78 is 0. The average Bonchev–Trinajstić information content (AvgIpc) is 3.05. The Morgan fingerprint density at radius 2 is 1.80 bits per heavy atom. The molecule has 2 aromatic carbocycles. The lowest BCUT2D eigenvalue weighted by molar-refractivity contribution is 0.0999. The molecule has 4 rings (SSSR count). The molecule has 154 valence electrons. The van der Waals surface area contributed by atoms with Crippen LogP contribution in [0.15, 0.2) is 48.5 Å². The van der Waals surface area contributed by atoms with E-state index < -0.39 is 5.91 Å².